The normalized spacial score (nSPS) is 10.7. The van der Waals surface area contributed by atoms with Crippen molar-refractivity contribution in [1.29, 1.82) is 0 Å². The maximum absolute atomic E-state index is 11.9. The van der Waals surface area contributed by atoms with Crippen LogP contribution in [0.15, 0.2) is 30.6 Å². The molecule has 0 atom stereocenters. The number of rotatable bonds is 6. The molecule has 1 heterocycles. The van der Waals surface area contributed by atoms with E-state index in [0.29, 0.717) is 36.1 Å². The highest BCUT2D eigenvalue weighted by Gasteiger charge is 2.13. The molecule has 2 rings (SSSR count). The van der Waals surface area contributed by atoms with Crippen LogP contribution in [0.4, 0.5) is 0 Å². The van der Waals surface area contributed by atoms with Crippen molar-refractivity contribution in [3.05, 3.63) is 52.0 Å². The Balaban J connectivity index is 2.15. The topological polar surface area (TPSA) is 38.1 Å². The van der Waals surface area contributed by atoms with Crippen molar-refractivity contribution in [3.8, 4) is 0 Å². The van der Waals surface area contributed by atoms with Gasteiger partial charge in [-0.05, 0) is 24.6 Å². The largest absolute Gasteiger partial charge is 0.336 e. The molecule has 22 heavy (non-hydrogen) atoms. The van der Waals surface area contributed by atoms with E-state index in [1.54, 1.807) is 17.2 Å². The van der Waals surface area contributed by atoms with E-state index in [4.69, 9.17) is 23.2 Å². The maximum atomic E-state index is 11.9. The summed E-state index contributed by atoms with van der Waals surface area (Å²) < 4.78 is 2.02. The molecule has 6 heteroatoms. The molecule has 0 fully saturated rings. The predicted molar refractivity (Wildman–Crippen MR) is 89.2 cm³/mol. The fraction of sp³-hybridized carbons (Fsp3) is 0.375. The molecular formula is C16H19Cl2N3O. The Kier molecular flexibility index (Phi) is 5.86. The highest BCUT2D eigenvalue weighted by atomic mass is 35.5. The predicted octanol–water partition coefficient (Wildman–Crippen LogP) is 4.00. The van der Waals surface area contributed by atoms with E-state index in [9.17, 15) is 4.79 Å². The molecule has 0 radical (unpaired) electrons. The minimum Gasteiger partial charge on any atom is -0.336 e. The molecule has 0 spiro atoms. The Morgan fingerprint density at radius 3 is 2.68 bits per heavy atom. The summed E-state index contributed by atoms with van der Waals surface area (Å²) in [6.45, 7) is 5.67. The quantitative estimate of drug-likeness (QED) is 0.797. The van der Waals surface area contributed by atoms with Gasteiger partial charge in [0.2, 0.25) is 5.91 Å². The second-order valence-corrected chi connectivity index (χ2v) is 5.80. The number of carbonyl (C=O) groups is 1. The van der Waals surface area contributed by atoms with Gasteiger partial charge in [-0.25, -0.2) is 4.98 Å². The fourth-order valence-corrected chi connectivity index (χ4v) is 2.56. The molecule has 1 amide bonds. The zero-order chi connectivity index (χ0) is 16.1. The minimum absolute atomic E-state index is 0.131. The second-order valence-electron chi connectivity index (χ2n) is 4.98. The first-order valence-corrected chi connectivity index (χ1v) is 8.02. The second kappa shape index (κ2) is 7.65. The van der Waals surface area contributed by atoms with Crippen LogP contribution in [0.5, 0.6) is 0 Å². The molecule has 118 valence electrons. The van der Waals surface area contributed by atoms with Crippen molar-refractivity contribution < 1.29 is 4.79 Å². The lowest BCUT2D eigenvalue weighted by Crippen LogP contribution is -2.30. The van der Waals surface area contributed by atoms with Gasteiger partial charge in [-0.3, -0.25) is 4.79 Å². The zero-order valence-corrected chi connectivity index (χ0v) is 14.2. The first-order chi connectivity index (χ1) is 10.5. The number of aromatic nitrogens is 2. The number of benzene rings is 1. The lowest BCUT2D eigenvalue weighted by Gasteiger charge is -2.20. The summed E-state index contributed by atoms with van der Waals surface area (Å²) in [5.41, 5.74) is 1.04. The van der Waals surface area contributed by atoms with Gasteiger partial charge in [-0.1, -0.05) is 36.2 Å². The monoisotopic (exact) mass is 339 g/mol. The number of hydrogen-bond acceptors (Lipinski definition) is 2. The summed E-state index contributed by atoms with van der Waals surface area (Å²) in [4.78, 5) is 18.0. The van der Waals surface area contributed by atoms with Gasteiger partial charge in [-0.15, -0.1) is 0 Å². The Bertz CT molecular complexity index is 655. The number of amides is 1. The van der Waals surface area contributed by atoms with E-state index in [1.165, 1.54) is 0 Å². The lowest BCUT2D eigenvalue weighted by molar-refractivity contribution is -0.131. The van der Waals surface area contributed by atoms with Crippen LogP contribution in [-0.2, 0) is 17.9 Å². The van der Waals surface area contributed by atoms with Crippen LogP contribution in [0.25, 0.3) is 0 Å². The molecular weight excluding hydrogens is 321 g/mol. The van der Waals surface area contributed by atoms with Crippen LogP contribution in [0.1, 0.15) is 31.7 Å². The SMILES string of the molecule is CCC(=O)N(CC)Cc1nccn1Cc1ccc(Cl)c(Cl)c1. The summed E-state index contributed by atoms with van der Waals surface area (Å²) in [5.74, 6) is 0.987. The highest BCUT2D eigenvalue weighted by molar-refractivity contribution is 6.42. The molecule has 0 unspecified atom stereocenters. The number of halogens is 2. The van der Waals surface area contributed by atoms with E-state index in [2.05, 4.69) is 4.98 Å². The van der Waals surface area contributed by atoms with Crippen LogP contribution in [-0.4, -0.2) is 26.9 Å². The molecule has 0 N–H and O–H groups in total. The molecule has 0 aliphatic rings. The number of imidazole rings is 1. The van der Waals surface area contributed by atoms with Crippen molar-refractivity contribution in [2.24, 2.45) is 0 Å². The van der Waals surface area contributed by atoms with Gasteiger partial charge in [0, 0.05) is 31.9 Å². The summed E-state index contributed by atoms with van der Waals surface area (Å²) in [5, 5.41) is 1.08. The molecule has 0 aliphatic heterocycles. The van der Waals surface area contributed by atoms with Crippen molar-refractivity contribution in [2.45, 2.75) is 33.4 Å². The Hall–Kier alpha value is -1.52. The van der Waals surface area contributed by atoms with Crippen LogP contribution in [0.3, 0.4) is 0 Å². The van der Waals surface area contributed by atoms with E-state index in [0.717, 1.165) is 11.4 Å². The molecule has 0 bridgehead atoms. The minimum atomic E-state index is 0.131. The van der Waals surface area contributed by atoms with Gasteiger partial charge in [0.05, 0.1) is 16.6 Å². The third-order valence-corrected chi connectivity index (χ3v) is 4.25. The molecule has 2 aromatic rings. The van der Waals surface area contributed by atoms with Crippen molar-refractivity contribution in [3.63, 3.8) is 0 Å². The third-order valence-electron chi connectivity index (χ3n) is 3.51. The van der Waals surface area contributed by atoms with Crippen LogP contribution >= 0.6 is 23.2 Å². The zero-order valence-electron chi connectivity index (χ0n) is 12.7. The number of carbonyl (C=O) groups excluding carboxylic acids is 1. The smallest absolute Gasteiger partial charge is 0.222 e. The van der Waals surface area contributed by atoms with E-state index < -0.39 is 0 Å². The third kappa shape index (κ3) is 4.02. The lowest BCUT2D eigenvalue weighted by atomic mass is 10.2. The summed E-state index contributed by atoms with van der Waals surface area (Å²) >= 11 is 12.0. The van der Waals surface area contributed by atoms with Crippen molar-refractivity contribution in [2.75, 3.05) is 6.54 Å². The average molecular weight is 340 g/mol. The van der Waals surface area contributed by atoms with Gasteiger partial charge >= 0.3 is 0 Å². The fourth-order valence-electron chi connectivity index (χ4n) is 2.24. The van der Waals surface area contributed by atoms with Gasteiger partial charge in [0.1, 0.15) is 5.82 Å². The van der Waals surface area contributed by atoms with E-state index in [1.807, 2.05) is 36.7 Å². The average Bonchev–Trinajstić information content (AvgIpc) is 2.94. The Morgan fingerprint density at radius 1 is 1.27 bits per heavy atom. The summed E-state index contributed by atoms with van der Waals surface area (Å²) in [7, 11) is 0. The van der Waals surface area contributed by atoms with Crippen LogP contribution in [0, 0.1) is 0 Å². The standard InChI is InChI=1S/C16H19Cl2N3O/c1-3-16(22)20(4-2)11-15-19-7-8-21(15)10-12-5-6-13(17)14(18)9-12/h5-9H,3-4,10-11H2,1-2H3. The van der Waals surface area contributed by atoms with Crippen LogP contribution < -0.4 is 0 Å². The van der Waals surface area contributed by atoms with E-state index >= 15 is 0 Å². The van der Waals surface area contributed by atoms with Gasteiger partial charge < -0.3 is 9.47 Å². The first kappa shape index (κ1) is 16.8. The highest BCUT2D eigenvalue weighted by Crippen LogP contribution is 2.23. The maximum Gasteiger partial charge on any atom is 0.222 e. The molecule has 0 aliphatic carbocycles. The molecule has 1 aromatic carbocycles. The summed E-state index contributed by atoms with van der Waals surface area (Å²) in [6, 6.07) is 5.57. The van der Waals surface area contributed by atoms with Gasteiger partial charge in [-0.2, -0.15) is 0 Å². The van der Waals surface area contributed by atoms with Crippen molar-refractivity contribution >= 4 is 29.1 Å². The van der Waals surface area contributed by atoms with Gasteiger partial charge in [0.15, 0.2) is 0 Å². The molecule has 1 aromatic heterocycles. The number of nitrogens with zero attached hydrogens (tertiary/aromatic N) is 3. The Labute approximate surface area is 140 Å². The van der Waals surface area contributed by atoms with Gasteiger partial charge in [0.25, 0.3) is 0 Å². The van der Waals surface area contributed by atoms with Crippen LogP contribution in [0.2, 0.25) is 10.0 Å². The van der Waals surface area contributed by atoms with Crippen molar-refractivity contribution in [1.82, 2.24) is 14.5 Å². The van der Waals surface area contributed by atoms with E-state index in [-0.39, 0.29) is 5.91 Å². The molecule has 0 saturated heterocycles. The molecule has 0 saturated carbocycles. The molecule has 4 nitrogen and oxygen atoms in total. The number of hydrogen-bond donors (Lipinski definition) is 0. The first-order valence-electron chi connectivity index (χ1n) is 7.26. The summed E-state index contributed by atoms with van der Waals surface area (Å²) in [6.07, 6.45) is 4.15. The Morgan fingerprint density at radius 2 is 2.05 bits per heavy atom.